The normalized spacial score (nSPS) is 12.0. The maximum Gasteiger partial charge on any atom is 0.240 e. The molecule has 0 fully saturated rings. The van der Waals surface area contributed by atoms with E-state index >= 15 is 0 Å². The monoisotopic (exact) mass is 446 g/mol. The Morgan fingerprint density at radius 1 is 1.06 bits per heavy atom. The minimum Gasteiger partial charge on any atom is -0.491 e. The molecule has 1 amide bonds. The van der Waals surface area contributed by atoms with Gasteiger partial charge in [-0.1, -0.05) is 71.0 Å². The number of anilines is 1. The molecule has 0 bridgehead atoms. The summed E-state index contributed by atoms with van der Waals surface area (Å²) in [4.78, 5) is 12.5. The highest BCUT2D eigenvalue weighted by Crippen LogP contribution is 2.31. The van der Waals surface area contributed by atoms with Gasteiger partial charge in [-0.2, -0.15) is 0 Å². The van der Waals surface area contributed by atoms with Crippen LogP contribution in [0.3, 0.4) is 0 Å². The van der Waals surface area contributed by atoms with E-state index in [-0.39, 0.29) is 30.3 Å². The van der Waals surface area contributed by atoms with Gasteiger partial charge in [-0.15, -0.1) is 0 Å². The number of rotatable bonds is 9. The molecule has 0 spiro atoms. The first kappa shape index (κ1) is 24.7. The van der Waals surface area contributed by atoms with Crippen LogP contribution in [0.1, 0.15) is 51.7 Å². The number of nitrogens with zero attached hydrogens (tertiary/aromatic N) is 1. The quantitative estimate of drug-likeness (QED) is 0.589. The fourth-order valence-corrected chi connectivity index (χ4v) is 4.21. The molecule has 0 aliphatic carbocycles. The molecule has 170 valence electrons. The van der Waals surface area contributed by atoms with Gasteiger partial charge in [-0.05, 0) is 34.6 Å². The summed E-state index contributed by atoms with van der Waals surface area (Å²) in [5.74, 6) is 0.532. The Morgan fingerprint density at radius 2 is 1.68 bits per heavy atom. The zero-order valence-electron chi connectivity index (χ0n) is 19.3. The van der Waals surface area contributed by atoms with E-state index in [0.29, 0.717) is 12.3 Å². The Labute approximate surface area is 186 Å². The van der Waals surface area contributed by atoms with E-state index in [4.69, 9.17) is 4.74 Å². The SMILES string of the molecule is CC(C)c1ccccc1N(CC(=O)NCCOc1ccccc1C(C)(C)C)S(C)(=O)=O. The highest BCUT2D eigenvalue weighted by atomic mass is 32.2. The maximum atomic E-state index is 12.5. The lowest BCUT2D eigenvalue weighted by Crippen LogP contribution is -2.41. The van der Waals surface area contributed by atoms with Gasteiger partial charge in [0.05, 0.1) is 18.5 Å². The van der Waals surface area contributed by atoms with Crippen LogP contribution in [0.4, 0.5) is 5.69 Å². The van der Waals surface area contributed by atoms with Gasteiger partial charge in [0.25, 0.3) is 0 Å². The molecular formula is C24H34N2O4S. The largest absolute Gasteiger partial charge is 0.491 e. The van der Waals surface area contributed by atoms with Crippen molar-refractivity contribution >= 4 is 21.6 Å². The van der Waals surface area contributed by atoms with Crippen molar-refractivity contribution in [2.24, 2.45) is 0 Å². The van der Waals surface area contributed by atoms with Crippen molar-refractivity contribution in [3.63, 3.8) is 0 Å². The minimum atomic E-state index is -3.62. The van der Waals surface area contributed by atoms with E-state index in [1.165, 1.54) is 0 Å². The molecule has 6 nitrogen and oxygen atoms in total. The molecule has 31 heavy (non-hydrogen) atoms. The molecule has 7 heteroatoms. The van der Waals surface area contributed by atoms with Gasteiger partial charge in [0.2, 0.25) is 15.9 Å². The number of hydrogen-bond acceptors (Lipinski definition) is 4. The van der Waals surface area contributed by atoms with Crippen molar-refractivity contribution in [1.82, 2.24) is 5.32 Å². The maximum absolute atomic E-state index is 12.5. The molecule has 0 aliphatic heterocycles. The molecule has 0 aromatic heterocycles. The Balaban J connectivity index is 2.02. The summed E-state index contributed by atoms with van der Waals surface area (Å²) in [7, 11) is -3.62. The van der Waals surface area contributed by atoms with Gasteiger partial charge in [0.15, 0.2) is 0 Å². The molecule has 0 saturated carbocycles. The third kappa shape index (κ3) is 6.99. The Bertz CT molecular complexity index is 995. The molecule has 0 unspecified atom stereocenters. The third-order valence-electron chi connectivity index (χ3n) is 4.89. The number of amides is 1. The van der Waals surface area contributed by atoms with E-state index in [9.17, 15) is 13.2 Å². The van der Waals surface area contributed by atoms with Crippen molar-refractivity contribution in [3.8, 4) is 5.75 Å². The molecule has 0 aliphatic rings. The van der Waals surface area contributed by atoms with Crippen LogP contribution < -0.4 is 14.4 Å². The topological polar surface area (TPSA) is 75.7 Å². The number of para-hydroxylation sites is 2. The molecule has 0 saturated heterocycles. The molecule has 2 aromatic rings. The van der Waals surface area contributed by atoms with E-state index in [2.05, 4.69) is 26.1 Å². The highest BCUT2D eigenvalue weighted by molar-refractivity contribution is 7.92. The van der Waals surface area contributed by atoms with Crippen molar-refractivity contribution < 1.29 is 17.9 Å². The van der Waals surface area contributed by atoms with Crippen LogP contribution in [0, 0.1) is 0 Å². The number of ether oxygens (including phenoxy) is 1. The Kier molecular flexibility index (Phi) is 8.12. The smallest absolute Gasteiger partial charge is 0.240 e. The zero-order valence-corrected chi connectivity index (χ0v) is 20.1. The number of nitrogens with one attached hydrogen (secondary N) is 1. The molecule has 0 atom stereocenters. The number of carbonyl (C=O) groups is 1. The van der Waals surface area contributed by atoms with Crippen LogP contribution in [0.25, 0.3) is 0 Å². The number of benzene rings is 2. The van der Waals surface area contributed by atoms with Gasteiger partial charge in [0.1, 0.15) is 18.9 Å². The summed E-state index contributed by atoms with van der Waals surface area (Å²) in [6.45, 7) is 10.6. The van der Waals surface area contributed by atoms with Crippen LogP contribution in [-0.4, -0.2) is 40.3 Å². The fourth-order valence-electron chi connectivity index (χ4n) is 3.33. The highest BCUT2D eigenvalue weighted by Gasteiger charge is 2.24. The average Bonchev–Trinajstić information content (AvgIpc) is 2.68. The number of hydrogen-bond donors (Lipinski definition) is 1. The van der Waals surface area contributed by atoms with Crippen LogP contribution in [-0.2, 0) is 20.2 Å². The van der Waals surface area contributed by atoms with Gasteiger partial charge < -0.3 is 10.1 Å². The fraction of sp³-hybridized carbons (Fsp3) is 0.458. The molecule has 1 N–H and O–H groups in total. The van der Waals surface area contributed by atoms with Crippen LogP contribution in [0.15, 0.2) is 48.5 Å². The van der Waals surface area contributed by atoms with E-state index < -0.39 is 10.0 Å². The lowest BCUT2D eigenvalue weighted by atomic mass is 9.86. The summed E-state index contributed by atoms with van der Waals surface area (Å²) >= 11 is 0. The number of sulfonamides is 1. The van der Waals surface area contributed by atoms with E-state index in [1.807, 2.05) is 50.2 Å². The average molecular weight is 447 g/mol. The molecule has 0 heterocycles. The molecule has 2 aromatic carbocycles. The second kappa shape index (κ2) is 10.2. The van der Waals surface area contributed by atoms with Crippen molar-refractivity contribution in [3.05, 3.63) is 59.7 Å². The van der Waals surface area contributed by atoms with Gasteiger partial charge in [0, 0.05) is 0 Å². The van der Waals surface area contributed by atoms with Crippen LogP contribution in [0.5, 0.6) is 5.75 Å². The van der Waals surface area contributed by atoms with Crippen molar-refractivity contribution in [2.75, 3.05) is 30.3 Å². The summed E-state index contributed by atoms with van der Waals surface area (Å²) in [6, 6.07) is 15.1. The van der Waals surface area contributed by atoms with Crippen LogP contribution >= 0.6 is 0 Å². The van der Waals surface area contributed by atoms with Crippen LogP contribution in [0.2, 0.25) is 0 Å². The second-order valence-electron chi connectivity index (χ2n) is 8.93. The van der Waals surface area contributed by atoms with Gasteiger partial charge in [-0.3, -0.25) is 9.10 Å². The predicted molar refractivity (Wildman–Crippen MR) is 126 cm³/mol. The third-order valence-corrected chi connectivity index (χ3v) is 6.02. The van der Waals surface area contributed by atoms with Gasteiger partial charge in [-0.25, -0.2) is 8.42 Å². The standard InChI is InChI=1S/C24H34N2O4S/c1-18(2)19-11-7-9-13-21(19)26(31(6,28)29)17-23(27)25-15-16-30-22-14-10-8-12-20(22)24(3,4)5/h7-14,18H,15-17H2,1-6H3,(H,25,27). The second-order valence-corrected chi connectivity index (χ2v) is 10.8. The molecular weight excluding hydrogens is 412 g/mol. The zero-order chi connectivity index (χ0) is 23.2. The summed E-state index contributed by atoms with van der Waals surface area (Å²) < 4.78 is 31.9. The van der Waals surface area contributed by atoms with Gasteiger partial charge >= 0.3 is 0 Å². The Hall–Kier alpha value is -2.54. The Morgan fingerprint density at radius 3 is 2.29 bits per heavy atom. The van der Waals surface area contributed by atoms with E-state index in [1.54, 1.807) is 12.1 Å². The first-order valence-electron chi connectivity index (χ1n) is 10.5. The predicted octanol–water partition coefficient (Wildman–Crippen LogP) is 4.07. The summed E-state index contributed by atoms with van der Waals surface area (Å²) in [6.07, 6.45) is 1.12. The number of carbonyl (C=O) groups excluding carboxylic acids is 1. The minimum absolute atomic E-state index is 0.0559. The summed E-state index contributed by atoms with van der Waals surface area (Å²) in [5.41, 5.74) is 2.45. The summed E-state index contributed by atoms with van der Waals surface area (Å²) in [5, 5.41) is 2.76. The van der Waals surface area contributed by atoms with Crippen molar-refractivity contribution in [1.29, 1.82) is 0 Å². The van der Waals surface area contributed by atoms with E-state index in [0.717, 1.165) is 27.4 Å². The lowest BCUT2D eigenvalue weighted by Gasteiger charge is -2.25. The molecule has 2 rings (SSSR count). The first-order valence-corrected chi connectivity index (χ1v) is 12.3. The van der Waals surface area contributed by atoms with Crippen molar-refractivity contribution in [2.45, 2.75) is 46.0 Å². The lowest BCUT2D eigenvalue weighted by molar-refractivity contribution is -0.119. The first-order chi connectivity index (χ1) is 14.4. The molecule has 0 radical (unpaired) electrons.